The van der Waals surface area contributed by atoms with Crippen LogP contribution in [0.15, 0.2) is 52.2 Å². The molecule has 0 aliphatic rings. The van der Waals surface area contributed by atoms with Crippen molar-refractivity contribution in [2.24, 2.45) is 0 Å². The molecule has 0 aliphatic heterocycles. The predicted molar refractivity (Wildman–Crippen MR) is 108 cm³/mol. The molecule has 2 aromatic heterocycles. The molecule has 0 amide bonds. The number of nitro benzene ring substituents is 1. The van der Waals surface area contributed by atoms with Gasteiger partial charge in [0, 0.05) is 28.8 Å². The Morgan fingerprint density at radius 2 is 1.86 bits per heavy atom. The Morgan fingerprint density at radius 1 is 1.10 bits per heavy atom. The Bertz CT molecular complexity index is 1190. The Morgan fingerprint density at radius 3 is 2.55 bits per heavy atom. The van der Waals surface area contributed by atoms with Crippen molar-refractivity contribution in [3.63, 3.8) is 0 Å². The van der Waals surface area contributed by atoms with Crippen LogP contribution >= 0.6 is 34.4 Å². The molecule has 11 heteroatoms. The summed E-state index contributed by atoms with van der Waals surface area (Å²) in [4.78, 5) is 19.4. The first-order chi connectivity index (χ1) is 13.8. The number of thioether (sulfide) groups is 1. The van der Waals surface area contributed by atoms with Gasteiger partial charge in [0.25, 0.3) is 5.69 Å². The van der Waals surface area contributed by atoms with Crippen molar-refractivity contribution in [3.05, 3.63) is 69.2 Å². The van der Waals surface area contributed by atoms with E-state index in [1.165, 1.54) is 58.7 Å². The molecule has 0 N–H and O–H groups in total. The summed E-state index contributed by atoms with van der Waals surface area (Å²) in [6, 6.07) is 9.48. The molecule has 2 aromatic carbocycles. The van der Waals surface area contributed by atoms with Crippen molar-refractivity contribution in [1.29, 1.82) is 0 Å². The van der Waals surface area contributed by atoms with Gasteiger partial charge in [-0.2, -0.15) is 13.2 Å². The van der Waals surface area contributed by atoms with Crippen molar-refractivity contribution in [1.82, 2.24) is 9.97 Å². The fourth-order valence-corrected chi connectivity index (χ4v) is 5.44. The lowest BCUT2D eigenvalue weighted by Crippen LogP contribution is -2.03. The molecule has 29 heavy (non-hydrogen) atoms. The third-order valence-corrected chi connectivity index (χ3v) is 7.05. The Labute approximate surface area is 174 Å². The number of nitrogens with zero attached hydrogens (tertiary/aromatic N) is 3. The maximum absolute atomic E-state index is 12.7. The number of nitro groups is 1. The first-order valence-corrected chi connectivity index (χ1v) is 10.8. The van der Waals surface area contributed by atoms with Crippen molar-refractivity contribution < 1.29 is 18.1 Å². The normalized spacial score (nSPS) is 11.8. The number of benzene rings is 2. The van der Waals surface area contributed by atoms with E-state index >= 15 is 0 Å². The molecule has 0 bridgehead atoms. The van der Waals surface area contributed by atoms with Gasteiger partial charge in [-0.1, -0.05) is 23.9 Å². The predicted octanol–water partition coefficient (Wildman–Crippen LogP) is 6.64. The molecule has 0 unspecified atom stereocenters. The minimum atomic E-state index is -4.36. The highest BCUT2D eigenvalue weighted by Gasteiger charge is 2.30. The average molecular weight is 453 g/mol. The topological polar surface area (TPSA) is 68.9 Å². The molecule has 0 aliphatic carbocycles. The van der Waals surface area contributed by atoms with E-state index in [-0.39, 0.29) is 5.69 Å². The fraction of sp³-hybridized carbons (Fsp3) is 0.111. The minimum absolute atomic E-state index is 0.0263. The zero-order valence-corrected chi connectivity index (χ0v) is 16.8. The monoisotopic (exact) mass is 453 g/mol. The SMILES string of the molecule is O=[N+]([O-])c1ccc2nc(SCc3csc(-c4ccc(C(F)(F)F)cc4)n3)sc2c1. The smallest absolute Gasteiger partial charge is 0.258 e. The first kappa shape index (κ1) is 19.8. The van der Waals surface area contributed by atoms with Crippen LogP contribution in [0, 0.1) is 10.1 Å². The Balaban J connectivity index is 1.45. The highest BCUT2D eigenvalue weighted by atomic mass is 32.2. The molecule has 4 aromatic rings. The van der Waals surface area contributed by atoms with Crippen LogP contribution in [0.3, 0.4) is 0 Å². The van der Waals surface area contributed by atoms with Gasteiger partial charge in [-0.15, -0.1) is 22.7 Å². The van der Waals surface area contributed by atoms with E-state index in [1.807, 2.05) is 5.38 Å². The van der Waals surface area contributed by atoms with Gasteiger partial charge in [0.2, 0.25) is 0 Å². The number of halogens is 3. The number of non-ortho nitro benzene ring substituents is 1. The van der Waals surface area contributed by atoms with Crippen LogP contribution in [-0.4, -0.2) is 14.9 Å². The zero-order valence-electron chi connectivity index (χ0n) is 14.3. The van der Waals surface area contributed by atoms with Crippen LogP contribution in [0.5, 0.6) is 0 Å². The highest BCUT2D eigenvalue weighted by Crippen LogP contribution is 2.35. The number of hydrogen-bond donors (Lipinski definition) is 0. The van der Waals surface area contributed by atoms with Crippen LogP contribution in [-0.2, 0) is 11.9 Å². The lowest BCUT2D eigenvalue weighted by Gasteiger charge is -2.06. The van der Waals surface area contributed by atoms with Crippen LogP contribution in [0.2, 0.25) is 0 Å². The van der Waals surface area contributed by atoms with Crippen molar-refractivity contribution in [2.75, 3.05) is 0 Å². The van der Waals surface area contributed by atoms with Gasteiger partial charge in [-0.05, 0) is 18.2 Å². The molecule has 0 saturated carbocycles. The number of hydrogen-bond acceptors (Lipinski definition) is 7. The molecule has 0 fully saturated rings. The summed E-state index contributed by atoms with van der Waals surface area (Å²) in [7, 11) is 0. The summed E-state index contributed by atoms with van der Waals surface area (Å²) < 4.78 is 39.5. The highest BCUT2D eigenvalue weighted by molar-refractivity contribution is 8.00. The van der Waals surface area contributed by atoms with E-state index in [9.17, 15) is 23.3 Å². The Kier molecular flexibility index (Phi) is 5.28. The van der Waals surface area contributed by atoms with E-state index in [0.717, 1.165) is 26.9 Å². The summed E-state index contributed by atoms with van der Waals surface area (Å²) in [6.45, 7) is 0. The molecular weight excluding hydrogens is 443 g/mol. The maximum Gasteiger partial charge on any atom is 0.416 e. The summed E-state index contributed by atoms with van der Waals surface area (Å²) in [6.07, 6.45) is -4.36. The third kappa shape index (κ3) is 4.41. The quantitative estimate of drug-likeness (QED) is 0.192. The van der Waals surface area contributed by atoms with Crippen LogP contribution in [0.25, 0.3) is 20.8 Å². The fourth-order valence-electron chi connectivity index (χ4n) is 2.51. The van der Waals surface area contributed by atoms with E-state index < -0.39 is 16.7 Å². The van der Waals surface area contributed by atoms with Crippen LogP contribution in [0.1, 0.15) is 11.3 Å². The third-order valence-electron chi connectivity index (χ3n) is 3.92. The summed E-state index contributed by atoms with van der Waals surface area (Å²) >= 11 is 4.20. The number of rotatable bonds is 5. The van der Waals surface area contributed by atoms with Gasteiger partial charge < -0.3 is 0 Å². The molecule has 148 valence electrons. The van der Waals surface area contributed by atoms with Gasteiger partial charge in [0.1, 0.15) is 5.01 Å². The molecule has 0 atom stereocenters. The van der Waals surface area contributed by atoms with Crippen LogP contribution < -0.4 is 0 Å². The number of thiazole rings is 2. The van der Waals surface area contributed by atoms with E-state index in [1.54, 1.807) is 6.07 Å². The number of aromatic nitrogens is 2. The van der Waals surface area contributed by atoms with Gasteiger partial charge >= 0.3 is 6.18 Å². The lowest BCUT2D eigenvalue weighted by molar-refractivity contribution is -0.384. The van der Waals surface area contributed by atoms with Crippen molar-refractivity contribution >= 4 is 50.3 Å². The second-order valence-electron chi connectivity index (χ2n) is 5.90. The molecule has 4 rings (SSSR count). The molecule has 0 saturated heterocycles. The summed E-state index contributed by atoms with van der Waals surface area (Å²) in [5.41, 5.74) is 1.46. The van der Waals surface area contributed by atoms with E-state index in [4.69, 9.17) is 0 Å². The molecule has 0 radical (unpaired) electrons. The second kappa shape index (κ2) is 7.73. The number of alkyl halides is 3. The van der Waals surface area contributed by atoms with Gasteiger partial charge in [-0.3, -0.25) is 10.1 Å². The summed E-state index contributed by atoms with van der Waals surface area (Å²) in [5, 5.41) is 13.4. The minimum Gasteiger partial charge on any atom is -0.258 e. The Hall–Kier alpha value is -2.50. The summed E-state index contributed by atoms with van der Waals surface area (Å²) in [5.74, 6) is 0.541. The largest absolute Gasteiger partial charge is 0.416 e. The van der Waals surface area contributed by atoms with Crippen molar-refractivity contribution in [2.45, 2.75) is 16.3 Å². The van der Waals surface area contributed by atoms with E-state index in [2.05, 4.69) is 9.97 Å². The van der Waals surface area contributed by atoms with Gasteiger partial charge in [-0.25, -0.2) is 9.97 Å². The number of fused-ring (bicyclic) bond motifs is 1. The molecule has 2 heterocycles. The zero-order chi connectivity index (χ0) is 20.6. The molecule has 5 nitrogen and oxygen atoms in total. The lowest BCUT2D eigenvalue weighted by atomic mass is 10.1. The van der Waals surface area contributed by atoms with Crippen LogP contribution in [0.4, 0.5) is 18.9 Å². The van der Waals surface area contributed by atoms with Gasteiger partial charge in [0.05, 0.1) is 26.4 Å². The first-order valence-electron chi connectivity index (χ1n) is 8.09. The van der Waals surface area contributed by atoms with E-state index in [0.29, 0.717) is 21.8 Å². The maximum atomic E-state index is 12.7. The standard InChI is InChI=1S/C18H10F3N3O2S3/c19-18(20,21)11-3-1-10(2-4-11)16-22-12(8-27-16)9-28-17-23-14-6-5-13(24(25)26)7-15(14)29-17/h1-8H,9H2. The molecular formula is C18H10F3N3O2S3. The average Bonchev–Trinajstić information content (AvgIpc) is 3.31. The second-order valence-corrected chi connectivity index (χ2v) is 9.01. The molecule has 0 spiro atoms. The van der Waals surface area contributed by atoms with Crippen molar-refractivity contribution in [3.8, 4) is 10.6 Å². The van der Waals surface area contributed by atoms with Gasteiger partial charge in [0.15, 0.2) is 4.34 Å².